The third-order valence-electron chi connectivity index (χ3n) is 3.57. The standard InChI is InChI=1S/C14H28N2O4Si/c1-5-20-14(12-16-11-10-15)8-6-13(7-9-14)21(17-2,18-3)19-4/h6-8,16H,5,9-12,15H2,1-4H3. The molecule has 1 aliphatic carbocycles. The summed E-state index contributed by atoms with van der Waals surface area (Å²) in [5.74, 6) is 0. The van der Waals surface area contributed by atoms with Crippen molar-refractivity contribution >= 4 is 8.80 Å². The topological polar surface area (TPSA) is 75.0 Å². The highest BCUT2D eigenvalue weighted by Crippen LogP contribution is 2.29. The zero-order valence-corrected chi connectivity index (χ0v) is 14.5. The van der Waals surface area contributed by atoms with Crippen LogP contribution >= 0.6 is 0 Å². The van der Waals surface area contributed by atoms with Crippen molar-refractivity contribution in [2.24, 2.45) is 5.73 Å². The third kappa shape index (κ3) is 4.46. The Kier molecular flexibility index (Phi) is 7.75. The van der Waals surface area contributed by atoms with Gasteiger partial charge in [0.05, 0.1) is 0 Å². The van der Waals surface area contributed by atoms with E-state index >= 15 is 0 Å². The van der Waals surface area contributed by atoms with Gasteiger partial charge in [0.2, 0.25) is 0 Å². The fourth-order valence-electron chi connectivity index (χ4n) is 2.47. The first-order valence-corrected chi connectivity index (χ1v) is 8.94. The first-order valence-electron chi connectivity index (χ1n) is 7.22. The zero-order valence-electron chi connectivity index (χ0n) is 13.5. The van der Waals surface area contributed by atoms with E-state index in [1.807, 2.05) is 13.0 Å². The maximum absolute atomic E-state index is 5.94. The van der Waals surface area contributed by atoms with E-state index in [0.29, 0.717) is 13.2 Å². The highest BCUT2D eigenvalue weighted by molar-refractivity contribution is 6.69. The van der Waals surface area contributed by atoms with Gasteiger partial charge in [-0.05, 0) is 13.3 Å². The fourth-order valence-corrected chi connectivity index (χ4v) is 4.32. The van der Waals surface area contributed by atoms with Crippen molar-refractivity contribution in [1.29, 1.82) is 0 Å². The summed E-state index contributed by atoms with van der Waals surface area (Å²) in [4.78, 5) is 0. The van der Waals surface area contributed by atoms with Crippen molar-refractivity contribution in [1.82, 2.24) is 5.32 Å². The maximum Gasteiger partial charge on any atom is 0.536 e. The monoisotopic (exact) mass is 316 g/mol. The summed E-state index contributed by atoms with van der Waals surface area (Å²) < 4.78 is 22.5. The lowest BCUT2D eigenvalue weighted by Crippen LogP contribution is -2.48. The summed E-state index contributed by atoms with van der Waals surface area (Å²) in [5, 5.41) is 4.28. The number of hydrogen-bond donors (Lipinski definition) is 2. The van der Waals surface area contributed by atoms with E-state index in [0.717, 1.165) is 24.7 Å². The second kappa shape index (κ2) is 8.79. The van der Waals surface area contributed by atoms with E-state index in [1.54, 1.807) is 21.3 Å². The summed E-state index contributed by atoms with van der Waals surface area (Å²) in [7, 11) is 2.07. The molecule has 0 aromatic heterocycles. The molecule has 0 aromatic rings. The van der Waals surface area contributed by atoms with Gasteiger partial charge in [-0.1, -0.05) is 18.2 Å². The number of ether oxygens (including phenoxy) is 1. The van der Waals surface area contributed by atoms with Gasteiger partial charge in [-0.25, -0.2) is 0 Å². The molecule has 1 unspecified atom stereocenters. The molecule has 1 atom stereocenters. The minimum absolute atomic E-state index is 0.344. The highest BCUT2D eigenvalue weighted by Gasteiger charge is 2.44. The van der Waals surface area contributed by atoms with E-state index in [1.165, 1.54) is 0 Å². The van der Waals surface area contributed by atoms with Crippen LogP contribution in [0.2, 0.25) is 0 Å². The number of rotatable bonds is 10. The molecule has 7 heteroatoms. The molecule has 0 aromatic carbocycles. The van der Waals surface area contributed by atoms with Crippen LogP contribution < -0.4 is 11.1 Å². The second-order valence-electron chi connectivity index (χ2n) is 4.83. The third-order valence-corrected chi connectivity index (χ3v) is 6.26. The second-order valence-corrected chi connectivity index (χ2v) is 7.74. The van der Waals surface area contributed by atoms with Gasteiger partial charge in [-0.3, -0.25) is 0 Å². The van der Waals surface area contributed by atoms with Gasteiger partial charge in [-0.2, -0.15) is 0 Å². The van der Waals surface area contributed by atoms with Gasteiger partial charge in [0.15, 0.2) is 0 Å². The smallest absolute Gasteiger partial charge is 0.373 e. The van der Waals surface area contributed by atoms with Crippen molar-refractivity contribution < 1.29 is 18.0 Å². The number of nitrogens with one attached hydrogen (secondary N) is 1. The van der Waals surface area contributed by atoms with Gasteiger partial charge in [0.25, 0.3) is 0 Å². The van der Waals surface area contributed by atoms with Gasteiger partial charge < -0.3 is 29.1 Å². The maximum atomic E-state index is 5.94. The van der Waals surface area contributed by atoms with Crippen LogP contribution in [-0.2, 0) is 18.0 Å². The molecule has 21 heavy (non-hydrogen) atoms. The molecular formula is C14H28N2O4Si. The quantitative estimate of drug-likeness (QED) is 0.454. The van der Waals surface area contributed by atoms with E-state index in [2.05, 4.69) is 17.5 Å². The Hall–Kier alpha value is -0.543. The Bertz CT molecular complexity index is 364. The molecular weight excluding hydrogens is 288 g/mol. The average Bonchev–Trinajstić information content (AvgIpc) is 2.52. The Balaban J connectivity index is 2.83. The van der Waals surface area contributed by atoms with Crippen LogP contribution in [0, 0.1) is 0 Å². The molecule has 0 bridgehead atoms. The molecule has 0 heterocycles. The van der Waals surface area contributed by atoms with E-state index in [-0.39, 0.29) is 5.60 Å². The predicted molar refractivity (Wildman–Crippen MR) is 84.9 cm³/mol. The molecule has 0 saturated heterocycles. The molecule has 0 saturated carbocycles. The molecule has 6 nitrogen and oxygen atoms in total. The SMILES string of the molecule is CCOC1(CNCCN)C=CC([Si](OC)(OC)OC)=CC1. The number of allylic oxidation sites excluding steroid dienone is 2. The Morgan fingerprint density at radius 1 is 1.29 bits per heavy atom. The Morgan fingerprint density at radius 2 is 1.95 bits per heavy atom. The minimum Gasteiger partial charge on any atom is -0.373 e. The van der Waals surface area contributed by atoms with E-state index < -0.39 is 8.80 Å². The first kappa shape index (κ1) is 18.5. The molecule has 0 aliphatic heterocycles. The van der Waals surface area contributed by atoms with Gasteiger partial charge >= 0.3 is 8.80 Å². The van der Waals surface area contributed by atoms with Crippen LogP contribution in [0.4, 0.5) is 0 Å². The van der Waals surface area contributed by atoms with E-state index in [4.69, 9.17) is 23.7 Å². The Labute approximate surface area is 128 Å². The summed E-state index contributed by atoms with van der Waals surface area (Å²) in [5.41, 5.74) is 5.17. The van der Waals surface area contributed by atoms with Crippen molar-refractivity contribution in [3.8, 4) is 0 Å². The van der Waals surface area contributed by atoms with Crippen LogP contribution in [-0.4, -0.2) is 62.0 Å². The lowest BCUT2D eigenvalue weighted by molar-refractivity contribution is 0.00122. The minimum atomic E-state index is -2.76. The summed E-state index contributed by atoms with van der Waals surface area (Å²) in [6.07, 6.45) is 6.89. The van der Waals surface area contributed by atoms with Gasteiger partial charge in [-0.15, -0.1) is 0 Å². The normalized spacial score (nSPS) is 22.4. The lowest BCUT2D eigenvalue weighted by atomic mass is 9.94. The zero-order chi connectivity index (χ0) is 15.8. The molecule has 1 rings (SSSR count). The molecule has 122 valence electrons. The van der Waals surface area contributed by atoms with Crippen LogP contribution in [0.15, 0.2) is 23.4 Å². The summed E-state index contributed by atoms with van der Waals surface area (Å²) in [6.45, 7) is 4.75. The molecule has 0 fully saturated rings. The fraction of sp³-hybridized carbons (Fsp3) is 0.714. The van der Waals surface area contributed by atoms with Crippen LogP contribution in [0.1, 0.15) is 13.3 Å². The van der Waals surface area contributed by atoms with Crippen molar-refractivity contribution in [3.05, 3.63) is 23.4 Å². The van der Waals surface area contributed by atoms with Crippen LogP contribution in [0.5, 0.6) is 0 Å². The first-order chi connectivity index (χ1) is 10.1. The van der Waals surface area contributed by atoms with Gasteiger partial charge in [0, 0.05) is 52.8 Å². The van der Waals surface area contributed by atoms with Crippen molar-refractivity contribution in [2.75, 3.05) is 47.6 Å². The van der Waals surface area contributed by atoms with Crippen LogP contribution in [0.25, 0.3) is 0 Å². The average molecular weight is 316 g/mol. The Morgan fingerprint density at radius 3 is 2.38 bits per heavy atom. The lowest BCUT2D eigenvalue weighted by Gasteiger charge is -2.35. The molecule has 0 radical (unpaired) electrons. The number of nitrogens with two attached hydrogens (primary N) is 1. The van der Waals surface area contributed by atoms with Crippen LogP contribution in [0.3, 0.4) is 0 Å². The summed E-state index contributed by atoms with van der Waals surface area (Å²) >= 11 is 0. The molecule has 0 spiro atoms. The molecule has 0 amide bonds. The van der Waals surface area contributed by atoms with E-state index in [9.17, 15) is 0 Å². The largest absolute Gasteiger partial charge is 0.536 e. The summed E-state index contributed by atoms with van der Waals surface area (Å²) in [6, 6.07) is 0. The predicted octanol–water partition coefficient (Wildman–Crippen LogP) is 0.614. The van der Waals surface area contributed by atoms with Gasteiger partial charge in [0.1, 0.15) is 5.60 Å². The van der Waals surface area contributed by atoms with Crippen molar-refractivity contribution in [2.45, 2.75) is 18.9 Å². The molecule has 3 N–H and O–H groups in total. The molecule has 1 aliphatic rings. The van der Waals surface area contributed by atoms with Crippen molar-refractivity contribution in [3.63, 3.8) is 0 Å². The highest BCUT2D eigenvalue weighted by atomic mass is 28.4. The number of hydrogen-bond acceptors (Lipinski definition) is 6.